The van der Waals surface area contributed by atoms with E-state index >= 15 is 0 Å². The Labute approximate surface area is 140 Å². The Morgan fingerprint density at radius 2 is 1.91 bits per heavy atom. The fourth-order valence-electron chi connectivity index (χ4n) is 6.01. The van der Waals surface area contributed by atoms with E-state index in [-0.39, 0.29) is 0 Å². The Hall–Kier alpha value is -1.22. The van der Waals surface area contributed by atoms with Gasteiger partial charge in [0.2, 0.25) is 0 Å². The third kappa shape index (κ3) is 1.98. The molecule has 0 amide bonds. The summed E-state index contributed by atoms with van der Waals surface area (Å²) >= 11 is 0. The van der Waals surface area contributed by atoms with Gasteiger partial charge in [-0.1, -0.05) is 18.9 Å². The number of rotatable bonds is 2. The number of likely N-dealkylation sites (N-methyl/N-ethyl adjacent to an activating group) is 1. The molecule has 126 valence electrons. The monoisotopic (exact) mass is 316 g/mol. The average Bonchev–Trinajstić information content (AvgIpc) is 2.57. The van der Waals surface area contributed by atoms with Crippen molar-refractivity contribution in [1.29, 1.82) is 0 Å². The van der Waals surface area contributed by atoms with Gasteiger partial charge in [-0.3, -0.25) is 0 Å². The van der Waals surface area contributed by atoms with E-state index in [0.717, 1.165) is 23.5 Å². The lowest BCUT2D eigenvalue weighted by molar-refractivity contribution is -0.927. The SMILES string of the molecule is COc1ccc2c(c1OC)[C@@]13CCCC[C@H]1[C@H](C2)[N+](C)(C)CC3. The molecule has 3 nitrogen and oxygen atoms in total. The normalized spacial score (nSPS) is 34.3. The third-order valence-electron chi connectivity index (χ3n) is 7.15. The predicted octanol–water partition coefficient (Wildman–Crippen LogP) is 3.54. The zero-order chi connectivity index (χ0) is 16.2. The van der Waals surface area contributed by atoms with Crippen molar-refractivity contribution >= 4 is 0 Å². The van der Waals surface area contributed by atoms with Gasteiger partial charge in [0.05, 0.1) is 40.9 Å². The third-order valence-corrected chi connectivity index (χ3v) is 7.15. The maximum atomic E-state index is 5.89. The van der Waals surface area contributed by atoms with Gasteiger partial charge in [-0.05, 0) is 24.5 Å². The fraction of sp³-hybridized carbons (Fsp3) is 0.700. The van der Waals surface area contributed by atoms with E-state index in [9.17, 15) is 0 Å². The number of hydrogen-bond donors (Lipinski definition) is 0. The number of fused-ring (bicyclic) bond motifs is 1. The van der Waals surface area contributed by atoms with Gasteiger partial charge < -0.3 is 14.0 Å². The summed E-state index contributed by atoms with van der Waals surface area (Å²) < 4.78 is 12.7. The minimum absolute atomic E-state index is 0.324. The molecule has 2 fully saturated rings. The standard InChI is InChI=1S/C20H30NO2/c1-21(2)12-11-20-10-6-5-7-15(20)16(21)13-14-8-9-17(22-3)19(23-4)18(14)20/h8-9,15-16H,5-7,10-13H2,1-4H3/q+1/t15-,16-,20+/m0/s1. The molecule has 0 aromatic heterocycles. The average molecular weight is 316 g/mol. The Morgan fingerprint density at radius 3 is 2.65 bits per heavy atom. The topological polar surface area (TPSA) is 18.5 Å². The van der Waals surface area contributed by atoms with Gasteiger partial charge in [0, 0.05) is 29.7 Å². The first-order chi connectivity index (χ1) is 11.0. The molecule has 1 aromatic carbocycles. The predicted molar refractivity (Wildman–Crippen MR) is 92.3 cm³/mol. The Bertz CT molecular complexity index is 624. The van der Waals surface area contributed by atoms with E-state index in [0.29, 0.717) is 5.41 Å². The second-order valence-corrected chi connectivity index (χ2v) is 8.37. The van der Waals surface area contributed by atoms with Crippen molar-refractivity contribution in [1.82, 2.24) is 0 Å². The lowest BCUT2D eigenvalue weighted by Gasteiger charge is -2.60. The molecule has 2 bridgehead atoms. The maximum Gasteiger partial charge on any atom is 0.164 e. The van der Waals surface area contributed by atoms with E-state index in [1.807, 2.05) is 7.11 Å². The van der Waals surface area contributed by atoms with Crippen LogP contribution in [0.4, 0.5) is 0 Å². The van der Waals surface area contributed by atoms with Crippen LogP contribution >= 0.6 is 0 Å². The summed E-state index contributed by atoms with van der Waals surface area (Å²) in [6, 6.07) is 5.17. The molecule has 3 aliphatic rings. The summed E-state index contributed by atoms with van der Waals surface area (Å²) in [4.78, 5) is 0. The minimum atomic E-state index is 0.324. The Morgan fingerprint density at radius 1 is 1.09 bits per heavy atom. The van der Waals surface area contributed by atoms with E-state index < -0.39 is 0 Å². The molecule has 23 heavy (non-hydrogen) atoms. The Kier molecular flexibility index (Phi) is 3.42. The summed E-state index contributed by atoms with van der Waals surface area (Å²) in [7, 11) is 8.44. The number of benzene rings is 1. The highest BCUT2D eigenvalue weighted by atomic mass is 16.5. The van der Waals surface area contributed by atoms with Crippen molar-refractivity contribution in [2.24, 2.45) is 5.92 Å². The van der Waals surface area contributed by atoms with Crippen LogP contribution in [0.15, 0.2) is 12.1 Å². The van der Waals surface area contributed by atoms with E-state index in [1.54, 1.807) is 7.11 Å². The van der Waals surface area contributed by atoms with Crippen LogP contribution in [0.3, 0.4) is 0 Å². The molecule has 0 radical (unpaired) electrons. The highest BCUT2D eigenvalue weighted by Gasteiger charge is 2.59. The molecule has 0 N–H and O–H groups in total. The highest BCUT2D eigenvalue weighted by Crippen LogP contribution is 2.60. The van der Waals surface area contributed by atoms with Crippen LogP contribution in [0, 0.1) is 5.92 Å². The number of piperidine rings is 1. The molecule has 3 atom stereocenters. The quantitative estimate of drug-likeness (QED) is 0.777. The van der Waals surface area contributed by atoms with E-state index in [2.05, 4.69) is 26.2 Å². The van der Waals surface area contributed by atoms with Crippen LogP contribution in [0.5, 0.6) is 11.5 Å². The molecule has 1 heterocycles. The van der Waals surface area contributed by atoms with Crippen LogP contribution in [-0.4, -0.2) is 45.4 Å². The Balaban J connectivity index is 1.95. The number of quaternary nitrogens is 1. The zero-order valence-corrected chi connectivity index (χ0v) is 15.0. The van der Waals surface area contributed by atoms with Gasteiger partial charge in [-0.25, -0.2) is 0 Å². The largest absolute Gasteiger partial charge is 0.493 e. The lowest BCUT2D eigenvalue weighted by Crippen LogP contribution is -2.66. The van der Waals surface area contributed by atoms with Gasteiger partial charge in [-0.2, -0.15) is 0 Å². The van der Waals surface area contributed by atoms with Crippen molar-refractivity contribution in [3.05, 3.63) is 23.3 Å². The zero-order valence-electron chi connectivity index (χ0n) is 15.0. The number of methoxy groups -OCH3 is 2. The maximum absolute atomic E-state index is 5.89. The van der Waals surface area contributed by atoms with Crippen LogP contribution in [0.2, 0.25) is 0 Å². The van der Waals surface area contributed by atoms with E-state index in [1.165, 1.54) is 60.7 Å². The molecule has 0 spiro atoms. The van der Waals surface area contributed by atoms with Crippen molar-refractivity contribution in [3.63, 3.8) is 0 Å². The first kappa shape index (κ1) is 15.3. The van der Waals surface area contributed by atoms with Gasteiger partial charge in [0.25, 0.3) is 0 Å². The van der Waals surface area contributed by atoms with Gasteiger partial charge in [-0.15, -0.1) is 0 Å². The number of hydrogen-bond acceptors (Lipinski definition) is 2. The first-order valence-corrected chi connectivity index (χ1v) is 9.10. The van der Waals surface area contributed by atoms with Crippen LogP contribution < -0.4 is 9.47 Å². The minimum Gasteiger partial charge on any atom is -0.493 e. The van der Waals surface area contributed by atoms with Crippen molar-refractivity contribution in [3.8, 4) is 11.5 Å². The number of likely N-dealkylation sites (tertiary alicyclic amines) is 1. The molecule has 1 aliphatic heterocycles. The second kappa shape index (κ2) is 5.14. The van der Waals surface area contributed by atoms with Crippen LogP contribution in [-0.2, 0) is 11.8 Å². The van der Waals surface area contributed by atoms with Crippen molar-refractivity contribution < 1.29 is 14.0 Å². The molecular weight excluding hydrogens is 286 g/mol. The van der Waals surface area contributed by atoms with Gasteiger partial charge in [0.1, 0.15) is 0 Å². The molecule has 2 aliphatic carbocycles. The first-order valence-electron chi connectivity index (χ1n) is 9.10. The smallest absolute Gasteiger partial charge is 0.164 e. The molecule has 4 rings (SSSR count). The van der Waals surface area contributed by atoms with Gasteiger partial charge >= 0.3 is 0 Å². The van der Waals surface area contributed by atoms with Crippen molar-refractivity contribution in [2.45, 2.75) is 50.0 Å². The summed E-state index contributed by atoms with van der Waals surface area (Å²) in [5, 5.41) is 0. The van der Waals surface area contributed by atoms with Gasteiger partial charge in [0.15, 0.2) is 11.5 Å². The highest BCUT2D eigenvalue weighted by molar-refractivity contribution is 5.57. The fourth-order valence-corrected chi connectivity index (χ4v) is 6.01. The second-order valence-electron chi connectivity index (χ2n) is 8.37. The van der Waals surface area contributed by atoms with Crippen LogP contribution in [0.1, 0.15) is 43.2 Å². The number of nitrogens with zero attached hydrogens (tertiary/aromatic N) is 1. The molecule has 0 unspecified atom stereocenters. The summed E-state index contributed by atoms with van der Waals surface area (Å²) in [5.74, 6) is 2.72. The van der Waals surface area contributed by atoms with Crippen LogP contribution in [0.25, 0.3) is 0 Å². The lowest BCUT2D eigenvalue weighted by atomic mass is 9.51. The molecular formula is C20H30NO2+. The van der Waals surface area contributed by atoms with Crippen molar-refractivity contribution in [2.75, 3.05) is 34.9 Å². The summed E-state index contributed by atoms with van der Waals surface area (Å²) in [6.45, 7) is 1.28. The molecule has 1 aromatic rings. The molecule has 1 saturated carbocycles. The molecule has 1 saturated heterocycles. The summed E-state index contributed by atoms with van der Waals surface area (Å²) in [6.07, 6.45) is 7.94. The van der Waals surface area contributed by atoms with E-state index in [4.69, 9.17) is 9.47 Å². The molecule has 3 heteroatoms. The summed E-state index contributed by atoms with van der Waals surface area (Å²) in [5.41, 5.74) is 3.33. The number of ether oxygens (including phenoxy) is 2.